The number of nitrogens with zero attached hydrogens (tertiary/aromatic N) is 1. The van der Waals surface area contributed by atoms with Crippen LogP contribution in [0.4, 0.5) is 0 Å². The fraction of sp³-hybridized carbons (Fsp3) is 0.276. The van der Waals surface area contributed by atoms with Gasteiger partial charge in [0.25, 0.3) is 5.91 Å². The summed E-state index contributed by atoms with van der Waals surface area (Å²) in [6.07, 6.45) is 3.02. The smallest absolute Gasteiger partial charge is 0.343 e. The summed E-state index contributed by atoms with van der Waals surface area (Å²) in [5, 5.41) is 4.77. The van der Waals surface area contributed by atoms with Gasteiger partial charge in [0.15, 0.2) is 17.6 Å². The van der Waals surface area contributed by atoms with E-state index >= 15 is 0 Å². The molecule has 1 atom stereocenters. The van der Waals surface area contributed by atoms with E-state index in [1.807, 2.05) is 0 Å². The molecule has 206 valence electrons. The number of carbonyl (C=O) groups is 2. The van der Waals surface area contributed by atoms with Gasteiger partial charge < -0.3 is 18.9 Å². The average Bonchev–Trinajstić information content (AvgIpc) is 2.93. The van der Waals surface area contributed by atoms with E-state index in [9.17, 15) is 9.59 Å². The van der Waals surface area contributed by atoms with Gasteiger partial charge in [-0.05, 0) is 79.1 Å². The highest BCUT2D eigenvalue weighted by Gasteiger charge is 2.19. The fourth-order valence-corrected chi connectivity index (χ4v) is 3.77. The largest absolute Gasteiger partial charge is 0.494 e. The minimum atomic E-state index is -0.811. The molecular formula is C29H30Cl2N2O6. The predicted molar refractivity (Wildman–Crippen MR) is 152 cm³/mol. The van der Waals surface area contributed by atoms with Crippen LogP contribution in [-0.4, -0.2) is 37.9 Å². The Morgan fingerprint density at radius 3 is 2.38 bits per heavy atom. The molecule has 0 heterocycles. The second-order valence-electron chi connectivity index (χ2n) is 8.35. The van der Waals surface area contributed by atoms with E-state index in [2.05, 4.69) is 17.5 Å². The third-order valence-corrected chi connectivity index (χ3v) is 5.99. The first kappa shape index (κ1) is 29.8. The van der Waals surface area contributed by atoms with Crippen LogP contribution in [0.1, 0.15) is 49.0 Å². The molecule has 0 saturated carbocycles. The maximum Gasteiger partial charge on any atom is 0.343 e. The molecule has 0 bridgehead atoms. The van der Waals surface area contributed by atoms with Crippen molar-refractivity contribution in [3.05, 3.63) is 81.8 Å². The van der Waals surface area contributed by atoms with Crippen molar-refractivity contribution >= 4 is 41.3 Å². The summed E-state index contributed by atoms with van der Waals surface area (Å²) in [4.78, 5) is 25.2. The highest BCUT2D eigenvalue weighted by atomic mass is 35.5. The Hall–Kier alpha value is -3.75. The van der Waals surface area contributed by atoms with Gasteiger partial charge >= 0.3 is 5.97 Å². The number of benzene rings is 3. The first-order valence-corrected chi connectivity index (χ1v) is 13.2. The van der Waals surface area contributed by atoms with Crippen LogP contribution in [0.15, 0.2) is 65.8 Å². The van der Waals surface area contributed by atoms with Crippen molar-refractivity contribution in [1.82, 2.24) is 5.43 Å². The Bertz CT molecular complexity index is 1300. The molecule has 0 aliphatic heterocycles. The molecule has 10 heteroatoms. The molecule has 0 fully saturated rings. The Labute approximate surface area is 237 Å². The van der Waals surface area contributed by atoms with Crippen LogP contribution in [0.2, 0.25) is 10.0 Å². The van der Waals surface area contributed by atoms with Crippen molar-refractivity contribution in [1.29, 1.82) is 0 Å². The van der Waals surface area contributed by atoms with E-state index < -0.39 is 18.0 Å². The number of esters is 1. The van der Waals surface area contributed by atoms with Gasteiger partial charge in [0.2, 0.25) is 0 Å². The molecule has 8 nitrogen and oxygen atoms in total. The normalized spacial score (nSPS) is 11.6. The van der Waals surface area contributed by atoms with Crippen LogP contribution in [0.3, 0.4) is 0 Å². The molecule has 0 aromatic heterocycles. The second kappa shape index (κ2) is 15.0. The summed E-state index contributed by atoms with van der Waals surface area (Å²) in [5.74, 6) is 0.626. The van der Waals surface area contributed by atoms with Crippen molar-refractivity contribution in [2.24, 2.45) is 5.10 Å². The van der Waals surface area contributed by atoms with E-state index in [-0.39, 0.29) is 5.75 Å². The number of carbonyl (C=O) groups excluding carboxylic acids is 2. The third kappa shape index (κ3) is 8.90. The number of ether oxygens (including phenoxy) is 4. The quantitative estimate of drug-likeness (QED) is 0.0803. The minimum Gasteiger partial charge on any atom is -0.494 e. The van der Waals surface area contributed by atoms with Gasteiger partial charge in [0, 0.05) is 5.02 Å². The van der Waals surface area contributed by atoms with Crippen molar-refractivity contribution in [3.8, 4) is 23.0 Å². The number of hydrogen-bond acceptors (Lipinski definition) is 7. The summed E-state index contributed by atoms with van der Waals surface area (Å²) in [6.45, 7) is 4.52. The summed E-state index contributed by atoms with van der Waals surface area (Å²) in [7, 11) is 1.46. The molecule has 1 N–H and O–H groups in total. The van der Waals surface area contributed by atoms with Gasteiger partial charge in [-0.3, -0.25) is 4.79 Å². The van der Waals surface area contributed by atoms with E-state index in [4.69, 9.17) is 42.1 Å². The summed E-state index contributed by atoms with van der Waals surface area (Å²) >= 11 is 12.0. The van der Waals surface area contributed by atoms with Crippen LogP contribution in [-0.2, 0) is 4.79 Å². The lowest BCUT2D eigenvalue weighted by Gasteiger charge is -2.16. The topological polar surface area (TPSA) is 95.5 Å². The predicted octanol–water partition coefficient (Wildman–Crippen LogP) is 6.71. The number of rotatable bonds is 13. The summed E-state index contributed by atoms with van der Waals surface area (Å²) in [6, 6.07) is 16.4. The van der Waals surface area contributed by atoms with E-state index in [1.54, 1.807) is 61.5 Å². The molecule has 0 aliphatic carbocycles. The Morgan fingerprint density at radius 1 is 0.974 bits per heavy atom. The molecule has 0 aliphatic rings. The lowest BCUT2D eigenvalue weighted by atomic mass is 10.2. The van der Waals surface area contributed by atoms with Gasteiger partial charge in [-0.1, -0.05) is 43.5 Å². The Balaban J connectivity index is 1.59. The standard InChI is InChI=1S/C29H30Cl2N2O6/c1-4-6-15-37-22-11-8-20(9-12-22)29(35)39-26-13-7-19(16-27(26)36-3)18-32-33-28(34)24(5-2)38-25-14-10-21(30)17-23(25)31/h7-14,16-18,24H,4-6,15H2,1-3H3,(H,33,34)/b32-18-/t24-/m1/s1. The van der Waals surface area contributed by atoms with Crippen LogP contribution in [0.5, 0.6) is 23.0 Å². The van der Waals surface area contributed by atoms with Crippen LogP contribution < -0.4 is 24.4 Å². The molecule has 3 aromatic carbocycles. The van der Waals surface area contributed by atoms with Crippen molar-refractivity contribution < 1.29 is 28.5 Å². The van der Waals surface area contributed by atoms with Crippen LogP contribution in [0.25, 0.3) is 0 Å². The third-order valence-electron chi connectivity index (χ3n) is 5.46. The number of methoxy groups -OCH3 is 1. The Kier molecular flexibility index (Phi) is 11.5. The zero-order chi connectivity index (χ0) is 28.2. The SMILES string of the molecule is CCCCOc1ccc(C(=O)Oc2ccc(/C=N\NC(=O)[C@@H](CC)Oc3ccc(Cl)cc3Cl)cc2OC)cc1. The lowest BCUT2D eigenvalue weighted by Crippen LogP contribution is -2.35. The first-order valence-electron chi connectivity index (χ1n) is 12.4. The molecule has 0 unspecified atom stereocenters. The summed E-state index contributed by atoms with van der Waals surface area (Å²) < 4.78 is 22.2. The minimum absolute atomic E-state index is 0.242. The number of hydrogen-bond donors (Lipinski definition) is 1. The van der Waals surface area contributed by atoms with E-state index in [0.29, 0.717) is 51.4 Å². The van der Waals surface area contributed by atoms with Gasteiger partial charge in [-0.2, -0.15) is 5.10 Å². The first-order chi connectivity index (χ1) is 18.8. The van der Waals surface area contributed by atoms with Crippen molar-refractivity contribution in [3.63, 3.8) is 0 Å². The molecule has 0 spiro atoms. The second-order valence-corrected chi connectivity index (χ2v) is 9.19. The highest BCUT2D eigenvalue weighted by Crippen LogP contribution is 2.30. The molecule has 3 aromatic rings. The Morgan fingerprint density at radius 2 is 1.72 bits per heavy atom. The fourth-order valence-electron chi connectivity index (χ4n) is 3.32. The van der Waals surface area contributed by atoms with E-state index in [1.165, 1.54) is 19.4 Å². The number of unbranched alkanes of at least 4 members (excludes halogenated alkanes) is 1. The molecule has 0 saturated heterocycles. The average molecular weight is 573 g/mol. The van der Waals surface area contributed by atoms with Gasteiger partial charge in [-0.15, -0.1) is 0 Å². The summed E-state index contributed by atoms with van der Waals surface area (Å²) in [5.41, 5.74) is 3.44. The van der Waals surface area contributed by atoms with Gasteiger partial charge in [0.05, 0.1) is 30.5 Å². The number of amides is 1. The van der Waals surface area contributed by atoms with Gasteiger partial charge in [-0.25, -0.2) is 10.2 Å². The van der Waals surface area contributed by atoms with Crippen LogP contribution >= 0.6 is 23.2 Å². The number of halogens is 2. The zero-order valence-electron chi connectivity index (χ0n) is 21.9. The number of nitrogens with one attached hydrogen (secondary N) is 1. The molecule has 1 amide bonds. The molecular weight excluding hydrogens is 543 g/mol. The lowest BCUT2D eigenvalue weighted by molar-refractivity contribution is -0.128. The maximum absolute atomic E-state index is 12.6. The monoisotopic (exact) mass is 572 g/mol. The maximum atomic E-state index is 12.6. The molecule has 3 rings (SSSR count). The van der Waals surface area contributed by atoms with Crippen molar-refractivity contribution in [2.75, 3.05) is 13.7 Å². The van der Waals surface area contributed by atoms with Crippen molar-refractivity contribution in [2.45, 2.75) is 39.2 Å². The molecule has 39 heavy (non-hydrogen) atoms. The molecule has 0 radical (unpaired) electrons. The van der Waals surface area contributed by atoms with Crippen LogP contribution in [0, 0.1) is 0 Å². The van der Waals surface area contributed by atoms with Gasteiger partial charge in [0.1, 0.15) is 11.5 Å². The number of hydrazone groups is 1. The zero-order valence-corrected chi connectivity index (χ0v) is 23.4. The highest BCUT2D eigenvalue weighted by molar-refractivity contribution is 6.35. The van der Waals surface area contributed by atoms with E-state index in [0.717, 1.165) is 12.8 Å².